The topological polar surface area (TPSA) is 57.5 Å². The van der Waals surface area contributed by atoms with Crippen LogP contribution in [-0.2, 0) is 4.79 Å². The van der Waals surface area contributed by atoms with Gasteiger partial charge in [-0.15, -0.1) is 0 Å². The van der Waals surface area contributed by atoms with Gasteiger partial charge < -0.3 is 10.2 Å². The number of hydrogen-bond acceptors (Lipinski definition) is 2. The molecule has 0 amide bonds. The van der Waals surface area contributed by atoms with Gasteiger partial charge in [0.05, 0.1) is 0 Å². The number of aliphatic carboxylic acids is 1. The Kier molecular flexibility index (Phi) is 6.07. The Morgan fingerprint density at radius 3 is 2.07 bits per heavy atom. The van der Waals surface area contributed by atoms with Crippen LogP contribution in [0.25, 0.3) is 6.08 Å². The van der Waals surface area contributed by atoms with E-state index in [1.54, 1.807) is 0 Å². The smallest absolute Gasteiger partial charge is 0.332 e. The van der Waals surface area contributed by atoms with Gasteiger partial charge >= 0.3 is 5.97 Å². The summed E-state index contributed by atoms with van der Waals surface area (Å²) in [5.41, 5.74) is 1.17. The third kappa shape index (κ3) is 5.97. The molecule has 14 heavy (non-hydrogen) atoms. The van der Waals surface area contributed by atoms with Crippen LogP contribution in [0.2, 0.25) is 0 Å². The Morgan fingerprint density at radius 2 is 1.86 bits per heavy atom. The molecule has 1 rings (SSSR count). The number of carbonyl (C=O) groups is 1. The highest BCUT2D eigenvalue weighted by Gasteiger charge is 2.01. The van der Waals surface area contributed by atoms with Crippen LogP contribution >= 0.6 is 0 Å². The lowest BCUT2D eigenvalue weighted by atomic mass is 10.2. The molecule has 1 atom stereocenters. The number of carboxylic acid groups (broad SMARTS) is 1. The van der Waals surface area contributed by atoms with Crippen molar-refractivity contribution >= 4 is 12.0 Å². The summed E-state index contributed by atoms with van der Waals surface area (Å²) in [5.74, 6) is -1.19. The minimum atomic E-state index is -1.23. The molecule has 0 fully saturated rings. The van der Waals surface area contributed by atoms with E-state index in [1.165, 1.54) is 12.5 Å². The van der Waals surface area contributed by atoms with Crippen molar-refractivity contribution in [2.45, 2.75) is 13.0 Å². The average molecular weight is 194 g/mol. The molecule has 2 N–H and O–H groups in total. The summed E-state index contributed by atoms with van der Waals surface area (Å²) in [6.45, 7) is 4.83. The second kappa shape index (κ2) is 6.86. The fourth-order valence-electron chi connectivity index (χ4n) is 0.589. The van der Waals surface area contributed by atoms with E-state index in [0.717, 1.165) is 0 Å². The van der Waals surface area contributed by atoms with Crippen molar-refractivity contribution in [3.63, 3.8) is 0 Å². The number of hydrogen-bond donors (Lipinski definition) is 2. The third-order valence-corrected chi connectivity index (χ3v) is 1.39. The van der Waals surface area contributed by atoms with Gasteiger partial charge in [-0.25, -0.2) is 4.79 Å². The Bertz CT molecular complexity index is 278. The summed E-state index contributed by atoms with van der Waals surface area (Å²) in [6, 6.07) is 10.0. The molecule has 0 aliphatic heterocycles. The summed E-state index contributed by atoms with van der Waals surface area (Å²) in [5, 5.41) is 15.8. The molecule has 3 nitrogen and oxygen atoms in total. The van der Waals surface area contributed by atoms with Crippen molar-refractivity contribution in [1.82, 2.24) is 0 Å². The Morgan fingerprint density at radius 1 is 1.43 bits per heavy atom. The van der Waals surface area contributed by atoms with Crippen LogP contribution in [0, 0.1) is 0 Å². The zero-order chi connectivity index (χ0) is 11.0. The first-order valence-corrected chi connectivity index (χ1v) is 4.16. The highest BCUT2D eigenvalue weighted by molar-refractivity contribution is 5.71. The number of rotatable bonds is 2. The second-order valence-corrected chi connectivity index (χ2v) is 2.63. The van der Waals surface area contributed by atoms with Crippen molar-refractivity contribution in [2.75, 3.05) is 0 Å². The Labute approximate surface area is 83.3 Å². The number of aliphatic hydroxyl groups excluding tert-OH is 1. The Balaban J connectivity index is 0.000000255. The molecule has 0 aliphatic carbocycles. The molecule has 0 heterocycles. The molecular formula is C11H14O3. The molecule has 0 aliphatic rings. The SMILES string of the molecule is C=Cc1ccccc1.CC(O)C(=O)O. The van der Waals surface area contributed by atoms with Crippen molar-refractivity contribution in [1.29, 1.82) is 0 Å². The van der Waals surface area contributed by atoms with Gasteiger partial charge in [0.1, 0.15) is 6.10 Å². The maximum atomic E-state index is 9.45. The number of aliphatic hydroxyl groups is 1. The van der Waals surface area contributed by atoms with Gasteiger partial charge in [0.25, 0.3) is 0 Å². The van der Waals surface area contributed by atoms with Crippen molar-refractivity contribution in [3.05, 3.63) is 42.5 Å². The van der Waals surface area contributed by atoms with Crippen LogP contribution in [-0.4, -0.2) is 22.3 Å². The molecule has 0 radical (unpaired) electrons. The molecular weight excluding hydrogens is 180 g/mol. The first kappa shape index (κ1) is 12.4. The van der Waals surface area contributed by atoms with Gasteiger partial charge in [-0.05, 0) is 12.5 Å². The van der Waals surface area contributed by atoms with E-state index in [4.69, 9.17) is 10.2 Å². The normalized spacial score (nSPS) is 10.7. The van der Waals surface area contributed by atoms with E-state index in [9.17, 15) is 4.79 Å². The van der Waals surface area contributed by atoms with E-state index in [1.807, 2.05) is 36.4 Å². The van der Waals surface area contributed by atoms with Crippen molar-refractivity contribution in [2.24, 2.45) is 0 Å². The van der Waals surface area contributed by atoms with Crippen LogP contribution in [0.3, 0.4) is 0 Å². The molecule has 0 spiro atoms. The van der Waals surface area contributed by atoms with Crippen LogP contribution in [0.5, 0.6) is 0 Å². The zero-order valence-electron chi connectivity index (χ0n) is 8.05. The van der Waals surface area contributed by atoms with Gasteiger partial charge in [0.15, 0.2) is 0 Å². The van der Waals surface area contributed by atoms with E-state index in [-0.39, 0.29) is 0 Å². The Hall–Kier alpha value is -1.61. The van der Waals surface area contributed by atoms with E-state index in [0.29, 0.717) is 0 Å². The standard InChI is InChI=1S/C8H8.C3H6O3/c1-2-8-6-4-3-5-7-8;1-2(4)3(5)6/h2-7H,1H2;2,4H,1H3,(H,5,6). The molecule has 0 aromatic heterocycles. The van der Waals surface area contributed by atoms with Gasteiger partial charge in [0, 0.05) is 0 Å². The predicted molar refractivity (Wildman–Crippen MR) is 55.8 cm³/mol. The highest BCUT2D eigenvalue weighted by atomic mass is 16.4. The van der Waals surface area contributed by atoms with Gasteiger partial charge in [-0.3, -0.25) is 0 Å². The van der Waals surface area contributed by atoms with E-state index in [2.05, 4.69) is 6.58 Å². The van der Waals surface area contributed by atoms with E-state index < -0.39 is 12.1 Å². The summed E-state index contributed by atoms with van der Waals surface area (Å²) in [4.78, 5) is 9.45. The molecule has 0 bridgehead atoms. The minimum absolute atomic E-state index is 1.17. The summed E-state index contributed by atoms with van der Waals surface area (Å²) >= 11 is 0. The fourth-order valence-corrected chi connectivity index (χ4v) is 0.589. The third-order valence-electron chi connectivity index (χ3n) is 1.39. The van der Waals surface area contributed by atoms with Gasteiger partial charge in [-0.2, -0.15) is 0 Å². The molecule has 76 valence electrons. The maximum Gasteiger partial charge on any atom is 0.332 e. The molecule has 1 aromatic rings. The first-order valence-electron chi connectivity index (χ1n) is 4.16. The van der Waals surface area contributed by atoms with Crippen molar-refractivity contribution in [3.8, 4) is 0 Å². The van der Waals surface area contributed by atoms with Crippen LogP contribution < -0.4 is 0 Å². The lowest BCUT2D eigenvalue weighted by molar-refractivity contribution is -0.145. The fraction of sp³-hybridized carbons (Fsp3) is 0.182. The lowest BCUT2D eigenvalue weighted by Crippen LogP contribution is -2.13. The highest BCUT2D eigenvalue weighted by Crippen LogP contribution is 1.97. The molecule has 1 unspecified atom stereocenters. The predicted octanol–water partition coefficient (Wildman–Crippen LogP) is 1.78. The number of benzene rings is 1. The average Bonchev–Trinajstić information content (AvgIpc) is 2.20. The molecule has 0 saturated carbocycles. The maximum absolute atomic E-state index is 9.45. The quantitative estimate of drug-likeness (QED) is 0.754. The van der Waals surface area contributed by atoms with Gasteiger partial charge in [0.2, 0.25) is 0 Å². The summed E-state index contributed by atoms with van der Waals surface area (Å²) in [7, 11) is 0. The molecule has 3 heteroatoms. The largest absolute Gasteiger partial charge is 0.479 e. The van der Waals surface area contributed by atoms with Crippen LogP contribution in [0.4, 0.5) is 0 Å². The number of carboxylic acids is 1. The minimum Gasteiger partial charge on any atom is -0.479 e. The van der Waals surface area contributed by atoms with Gasteiger partial charge in [-0.1, -0.05) is 43.0 Å². The first-order chi connectivity index (χ1) is 6.57. The van der Waals surface area contributed by atoms with Crippen molar-refractivity contribution < 1.29 is 15.0 Å². The molecule has 1 aromatic carbocycles. The second-order valence-electron chi connectivity index (χ2n) is 2.63. The zero-order valence-corrected chi connectivity index (χ0v) is 8.05. The summed E-state index contributed by atoms with van der Waals surface area (Å²) in [6.07, 6.45) is 0.602. The van der Waals surface area contributed by atoms with Crippen LogP contribution in [0.15, 0.2) is 36.9 Å². The van der Waals surface area contributed by atoms with E-state index >= 15 is 0 Å². The van der Waals surface area contributed by atoms with Crippen LogP contribution in [0.1, 0.15) is 12.5 Å². The molecule has 0 saturated heterocycles. The summed E-state index contributed by atoms with van der Waals surface area (Å²) < 4.78 is 0. The lowest BCUT2D eigenvalue weighted by Gasteiger charge is -1.89. The monoisotopic (exact) mass is 194 g/mol.